The number of nitrogens with two attached hydrogens (primary N) is 1. The molecule has 2 aromatic carbocycles. The summed E-state index contributed by atoms with van der Waals surface area (Å²) in [5.41, 5.74) is 6.72. The third-order valence-electron chi connectivity index (χ3n) is 4.32. The van der Waals surface area contributed by atoms with Gasteiger partial charge in [0, 0.05) is 30.1 Å². The monoisotopic (exact) mass is 398 g/mol. The van der Waals surface area contributed by atoms with Gasteiger partial charge in [0.25, 0.3) is 0 Å². The Morgan fingerprint density at radius 1 is 1.12 bits per heavy atom. The van der Waals surface area contributed by atoms with Gasteiger partial charge >= 0.3 is 0 Å². The Hall–Kier alpha value is -1.63. The van der Waals surface area contributed by atoms with Crippen molar-refractivity contribution < 1.29 is 13.6 Å². The number of hydrogen-bond acceptors (Lipinski definition) is 3. The number of carbonyl (C=O) groups excluding carboxylic acids is 1. The molecule has 0 aromatic heterocycles. The van der Waals surface area contributed by atoms with Crippen LogP contribution < -0.4 is 5.73 Å². The van der Waals surface area contributed by atoms with Crippen molar-refractivity contribution in [3.63, 3.8) is 0 Å². The van der Waals surface area contributed by atoms with Crippen LogP contribution in [0.1, 0.15) is 23.7 Å². The predicted octanol–water partition coefficient (Wildman–Crippen LogP) is 4.17. The van der Waals surface area contributed by atoms with Gasteiger partial charge in [-0.1, -0.05) is 30.3 Å². The Morgan fingerprint density at radius 2 is 1.77 bits per heavy atom. The molecule has 0 bridgehead atoms. The molecule has 140 valence electrons. The predicted molar refractivity (Wildman–Crippen MR) is 102 cm³/mol. The lowest BCUT2D eigenvalue weighted by molar-refractivity contribution is -0.131. The van der Waals surface area contributed by atoms with E-state index in [1.54, 1.807) is 4.90 Å². The molecule has 0 saturated carbocycles. The number of likely N-dealkylation sites (tertiary alicyclic amines) is 1. The number of hydrogen-bond donors (Lipinski definition) is 1. The lowest BCUT2D eigenvalue weighted by Crippen LogP contribution is -2.44. The van der Waals surface area contributed by atoms with Crippen LogP contribution >= 0.6 is 24.2 Å². The molecule has 1 aliphatic heterocycles. The van der Waals surface area contributed by atoms with Gasteiger partial charge in [0.05, 0.1) is 0 Å². The Morgan fingerprint density at radius 3 is 2.38 bits per heavy atom. The average molecular weight is 399 g/mol. The van der Waals surface area contributed by atoms with Crippen molar-refractivity contribution >= 4 is 30.1 Å². The third kappa shape index (κ3) is 4.96. The first-order chi connectivity index (χ1) is 12.0. The molecule has 26 heavy (non-hydrogen) atoms. The summed E-state index contributed by atoms with van der Waals surface area (Å²) in [5.74, 6) is -1.35. The van der Waals surface area contributed by atoms with Gasteiger partial charge in [0.2, 0.25) is 5.91 Å². The second-order valence-electron chi connectivity index (χ2n) is 6.15. The molecule has 1 saturated heterocycles. The maximum absolute atomic E-state index is 14.1. The maximum atomic E-state index is 14.1. The molecular weight excluding hydrogens is 378 g/mol. The number of amides is 1. The first kappa shape index (κ1) is 20.7. The summed E-state index contributed by atoms with van der Waals surface area (Å²) in [5, 5.41) is -0.574. The normalized spacial score (nSPS) is 16.0. The zero-order valence-corrected chi connectivity index (χ0v) is 15.7. The van der Waals surface area contributed by atoms with Crippen LogP contribution in [0.25, 0.3) is 0 Å². The summed E-state index contributed by atoms with van der Waals surface area (Å²) in [6, 6.07) is 12.8. The first-order valence-corrected chi connectivity index (χ1v) is 9.13. The minimum Gasteiger partial charge on any atom is -0.341 e. The van der Waals surface area contributed by atoms with E-state index < -0.39 is 16.9 Å². The molecule has 1 amide bonds. The van der Waals surface area contributed by atoms with E-state index in [1.165, 1.54) is 12.1 Å². The molecule has 1 aliphatic rings. The fourth-order valence-electron chi connectivity index (χ4n) is 2.87. The van der Waals surface area contributed by atoms with Crippen molar-refractivity contribution in [3.8, 4) is 0 Å². The van der Waals surface area contributed by atoms with E-state index in [-0.39, 0.29) is 29.3 Å². The lowest BCUT2D eigenvalue weighted by atomic mass is 10.0. The highest BCUT2D eigenvalue weighted by atomic mass is 35.5. The minimum atomic E-state index is -0.653. The van der Waals surface area contributed by atoms with Gasteiger partial charge in [-0.05, 0) is 30.5 Å². The van der Waals surface area contributed by atoms with Crippen LogP contribution in [-0.4, -0.2) is 29.9 Å². The topological polar surface area (TPSA) is 46.3 Å². The summed E-state index contributed by atoms with van der Waals surface area (Å²) < 4.78 is 27.2. The second-order valence-corrected chi connectivity index (χ2v) is 7.29. The summed E-state index contributed by atoms with van der Waals surface area (Å²) in [6.45, 7) is 1.21. The molecule has 3 nitrogen and oxygen atoms in total. The van der Waals surface area contributed by atoms with Crippen LogP contribution in [0.15, 0.2) is 53.4 Å². The van der Waals surface area contributed by atoms with E-state index >= 15 is 0 Å². The molecule has 2 N–H and O–H groups in total. The highest BCUT2D eigenvalue weighted by Crippen LogP contribution is 2.38. The molecule has 7 heteroatoms. The number of rotatable bonds is 4. The zero-order valence-electron chi connectivity index (χ0n) is 14.1. The van der Waals surface area contributed by atoms with Crippen LogP contribution in [0.3, 0.4) is 0 Å². The molecule has 1 fully saturated rings. The van der Waals surface area contributed by atoms with Crippen molar-refractivity contribution in [2.24, 2.45) is 5.73 Å². The molecule has 0 radical (unpaired) electrons. The van der Waals surface area contributed by atoms with Crippen LogP contribution in [0.2, 0.25) is 0 Å². The molecular formula is C19H21ClF2N2OS. The molecule has 1 atom stereocenters. The Balaban J connectivity index is 0.00000243. The standard InChI is InChI=1S/C19H20F2N2OS.ClH/c20-14-6-7-17(16(21)12-14)25-18(13-4-2-1-3-5-13)19(24)23-10-8-15(22)9-11-23;/h1-7,12,15,18H,8-11,22H2;1H. The SMILES string of the molecule is Cl.NC1CCN(C(=O)C(Sc2ccc(F)cc2F)c2ccccc2)CC1. The summed E-state index contributed by atoms with van der Waals surface area (Å²) in [6.07, 6.45) is 1.53. The van der Waals surface area contributed by atoms with Gasteiger partial charge in [0.1, 0.15) is 16.9 Å². The summed E-state index contributed by atoms with van der Waals surface area (Å²) in [4.78, 5) is 15.1. The van der Waals surface area contributed by atoms with Gasteiger partial charge in [-0.15, -0.1) is 24.2 Å². The number of thioether (sulfide) groups is 1. The third-order valence-corrected chi connectivity index (χ3v) is 5.61. The zero-order chi connectivity index (χ0) is 17.8. The van der Waals surface area contributed by atoms with Crippen molar-refractivity contribution in [1.82, 2.24) is 4.90 Å². The van der Waals surface area contributed by atoms with Crippen LogP contribution in [-0.2, 0) is 4.79 Å². The van der Waals surface area contributed by atoms with Gasteiger partial charge in [-0.25, -0.2) is 8.78 Å². The van der Waals surface area contributed by atoms with Crippen molar-refractivity contribution in [2.75, 3.05) is 13.1 Å². The molecule has 1 unspecified atom stereocenters. The second kappa shape index (κ2) is 9.35. The van der Waals surface area contributed by atoms with Gasteiger partial charge in [0.15, 0.2) is 0 Å². The van der Waals surface area contributed by atoms with Gasteiger partial charge in [-0.3, -0.25) is 4.79 Å². The molecule has 1 heterocycles. The Kier molecular flexibility index (Phi) is 7.43. The minimum absolute atomic E-state index is 0. The van der Waals surface area contributed by atoms with E-state index in [0.29, 0.717) is 13.1 Å². The van der Waals surface area contributed by atoms with Crippen molar-refractivity contribution in [1.29, 1.82) is 0 Å². The lowest BCUT2D eigenvalue weighted by Gasteiger charge is -2.33. The summed E-state index contributed by atoms with van der Waals surface area (Å²) in [7, 11) is 0. The first-order valence-electron chi connectivity index (χ1n) is 8.25. The van der Waals surface area contributed by atoms with Crippen molar-refractivity contribution in [3.05, 3.63) is 65.7 Å². The quantitative estimate of drug-likeness (QED) is 0.786. The summed E-state index contributed by atoms with van der Waals surface area (Å²) >= 11 is 1.12. The average Bonchev–Trinajstić information content (AvgIpc) is 2.62. The maximum Gasteiger partial charge on any atom is 0.240 e. The number of halogens is 3. The van der Waals surface area contributed by atoms with E-state index in [4.69, 9.17) is 5.73 Å². The molecule has 3 rings (SSSR count). The number of carbonyl (C=O) groups is 1. The van der Waals surface area contributed by atoms with Crippen LogP contribution in [0.4, 0.5) is 8.78 Å². The fourth-order valence-corrected chi connectivity index (χ4v) is 3.99. The highest BCUT2D eigenvalue weighted by Gasteiger charge is 2.30. The highest BCUT2D eigenvalue weighted by molar-refractivity contribution is 8.00. The Labute approximate surface area is 162 Å². The molecule has 0 spiro atoms. The number of benzene rings is 2. The van der Waals surface area contributed by atoms with E-state index in [1.807, 2.05) is 30.3 Å². The molecule has 2 aromatic rings. The smallest absolute Gasteiger partial charge is 0.240 e. The van der Waals surface area contributed by atoms with E-state index in [9.17, 15) is 13.6 Å². The van der Waals surface area contributed by atoms with Crippen LogP contribution in [0.5, 0.6) is 0 Å². The van der Waals surface area contributed by atoms with Gasteiger partial charge in [-0.2, -0.15) is 0 Å². The largest absolute Gasteiger partial charge is 0.341 e. The van der Waals surface area contributed by atoms with Crippen LogP contribution in [0, 0.1) is 11.6 Å². The van der Waals surface area contributed by atoms with Gasteiger partial charge < -0.3 is 10.6 Å². The van der Waals surface area contributed by atoms with E-state index in [2.05, 4.69) is 0 Å². The molecule has 0 aliphatic carbocycles. The van der Waals surface area contributed by atoms with E-state index in [0.717, 1.165) is 36.2 Å². The number of piperidine rings is 1. The Bertz CT molecular complexity index is 740. The van der Waals surface area contributed by atoms with Crippen molar-refractivity contribution in [2.45, 2.75) is 29.0 Å². The fraction of sp³-hybridized carbons (Fsp3) is 0.316. The number of nitrogens with zero attached hydrogens (tertiary/aromatic N) is 1.